The molecule has 0 N–H and O–H groups in total. The summed E-state index contributed by atoms with van der Waals surface area (Å²) in [7, 11) is 0. The fourth-order valence-corrected chi connectivity index (χ4v) is 5.56. The highest BCUT2D eigenvalue weighted by atomic mass is 32.1. The minimum Gasteiger partial charge on any atom is -0.236 e. The fraction of sp³-hybridized carbons (Fsp3) is 0.0625. The van der Waals surface area contributed by atoms with Crippen molar-refractivity contribution in [3.8, 4) is 43.7 Å². The molecule has 2 nitrogen and oxygen atoms in total. The average Bonchev–Trinajstić information content (AvgIpc) is 3.61. The molecule has 0 fully saturated rings. The summed E-state index contributed by atoms with van der Waals surface area (Å²) in [5.74, 6) is -0.455. The normalized spacial score (nSPS) is 10.6. The number of aryl methyl sites for hydroxylation is 2. The van der Waals surface area contributed by atoms with E-state index >= 15 is 0 Å². The molecule has 6 aromatic rings. The van der Waals surface area contributed by atoms with Crippen LogP contribution in [0.25, 0.3) is 43.7 Å². The number of aromatic nitrogens is 2. The third kappa shape index (κ3) is 6.28. The van der Waals surface area contributed by atoms with Gasteiger partial charge in [-0.3, -0.25) is 0 Å². The van der Waals surface area contributed by atoms with Gasteiger partial charge in [0.25, 0.3) is 0 Å². The largest absolute Gasteiger partial charge is 0.236 e. The van der Waals surface area contributed by atoms with Crippen LogP contribution in [0.15, 0.2) is 108 Å². The lowest BCUT2D eigenvalue weighted by Gasteiger charge is -1.98. The van der Waals surface area contributed by atoms with Crippen molar-refractivity contribution in [2.75, 3.05) is 0 Å². The van der Waals surface area contributed by atoms with E-state index in [4.69, 9.17) is 0 Å². The molecule has 0 saturated carbocycles. The number of hydrogen-bond acceptors (Lipinski definition) is 4. The Bertz CT molecular complexity index is 1610. The zero-order chi connectivity index (χ0) is 26.5. The second kappa shape index (κ2) is 11.6. The van der Waals surface area contributed by atoms with Gasteiger partial charge in [-0.1, -0.05) is 59.7 Å². The Hall–Kier alpha value is -4.00. The second-order valence-corrected chi connectivity index (χ2v) is 10.5. The molecule has 0 bridgehead atoms. The molecule has 0 aliphatic carbocycles. The number of halogens is 2. The van der Waals surface area contributed by atoms with Crippen molar-refractivity contribution in [2.24, 2.45) is 0 Å². The van der Waals surface area contributed by atoms with E-state index < -0.39 is 0 Å². The Morgan fingerprint density at radius 2 is 1.00 bits per heavy atom. The summed E-state index contributed by atoms with van der Waals surface area (Å²) >= 11 is 3.11. The SMILES string of the molecule is Cc1cccc(-c2csc(-c3ccc(F)cc3)n2)c1.Cc1cccc(-c2csc(-c3cccc(F)c3)n2)c1. The van der Waals surface area contributed by atoms with E-state index in [1.54, 1.807) is 29.5 Å². The van der Waals surface area contributed by atoms with Gasteiger partial charge in [0, 0.05) is 33.0 Å². The first-order valence-electron chi connectivity index (χ1n) is 12.0. The zero-order valence-corrected chi connectivity index (χ0v) is 22.5. The second-order valence-electron chi connectivity index (χ2n) is 8.83. The van der Waals surface area contributed by atoms with E-state index in [2.05, 4.69) is 54.1 Å². The first-order chi connectivity index (χ1) is 18.4. The molecule has 0 aliphatic rings. The minimum absolute atomic E-state index is 0.223. The first kappa shape index (κ1) is 25.6. The predicted octanol–water partition coefficient (Wildman–Crippen LogP) is 9.85. The minimum atomic E-state index is -0.232. The van der Waals surface area contributed by atoms with Crippen LogP contribution in [-0.2, 0) is 0 Å². The van der Waals surface area contributed by atoms with Crippen LogP contribution in [0.3, 0.4) is 0 Å². The van der Waals surface area contributed by atoms with Crippen molar-refractivity contribution < 1.29 is 8.78 Å². The summed E-state index contributed by atoms with van der Waals surface area (Å²) in [5.41, 5.74) is 8.31. The molecule has 0 radical (unpaired) electrons. The summed E-state index contributed by atoms with van der Waals surface area (Å²) in [4.78, 5) is 9.20. The standard InChI is InChI=1S/2C16H12FNS/c1-11-4-2-5-12(8-11)15-10-19-16(18-15)13-6-3-7-14(17)9-13;1-11-3-2-4-13(9-11)15-10-19-16(18-15)12-5-7-14(17)8-6-12/h2*2-10H,1H3. The Morgan fingerprint density at radius 1 is 0.500 bits per heavy atom. The summed E-state index contributed by atoms with van der Waals surface area (Å²) < 4.78 is 26.1. The Balaban J connectivity index is 0.000000155. The highest BCUT2D eigenvalue weighted by molar-refractivity contribution is 7.13. The first-order valence-corrected chi connectivity index (χ1v) is 13.8. The molecule has 0 atom stereocenters. The number of nitrogens with zero attached hydrogens (tertiary/aromatic N) is 2. The van der Waals surface area contributed by atoms with Gasteiger partial charge in [-0.05, 0) is 62.4 Å². The van der Waals surface area contributed by atoms with Gasteiger partial charge in [-0.2, -0.15) is 0 Å². The monoisotopic (exact) mass is 538 g/mol. The van der Waals surface area contributed by atoms with Crippen molar-refractivity contribution >= 4 is 22.7 Å². The van der Waals surface area contributed by atoms with E-state index in [9.17, 15) is 8.78 Å². The third-order valence-electron chi connectivity index (χ3n) is 5.80. The molecule has 2 heterocycles. The van der Waals surface area contributed by atoms with E-state index in [0.717, 1.165) is 43.7 Å². The van der Waals surface area contributed by atoms with Gasteiger partial charge in [0.2, 0.25) is 0 Å². The Morgan fingerprint density at radius 3 is 1.53 bits per heavy atom. The van der Waals surface area contributed by atoms with Crippen molar-refractivity contribution in [1.82, 2.24) is 9.97 Å². The maximum atomic E-state index is 13.2. The Labute approximate surface area is 229 Å². The number of benzene rings is 4. The van der Waals surface area contributed by atoms with Crippen molar-refractivity contribution in [3.63, 3.8) is 0 Å². The number of thiazole rings is 2. The van der Waals surface area contributed by atoms with Crippen LogP contribution >= 0.6 is 22.7 Å². The maximum Gasteiger partial charge on any atom is 0.124 e. The number of rotatable bonds is 4. The van der Waals surface area contributed by atoms with Crippen molar-refractivity contribution in [3.05, 3.63) is 131 Å². The molecule has 6 heteroatoms. The van der Waals surface area contributed by atoms with Crippen LogP contribution in [0.4, 0.5) is 8.78 Å². The molecule has 0 aliphatic heterocycles. The lowest BCUT2D eigenvalue weighted by Crippen LogP contribution is -1.81. The molecule has 4 aromatic carbocycles. The van der Waals surface area contributed by atoms with Gasteiger partial charge >= 0.3 is 0 Å². The smallest absolute Gasteiger partial charge is 0.124 e. The molecule has 0 spiro atoms. The summed E-state index contributed by atoms with van der Waals surface area (Å²) in [6, 6.07) is 29.5. The fourth-order valence-electron chi connectivity index (χ4n) is 3.90. The molecular formula is C32H24F2N2S2. The molecule has 2 aromatic heterocycles. The highest BCUT2D eigenvalue weighted by Gasteiger charge is 2.08. The third-order valence-corrected chi connectivity index (χ3v) is 7.58. The summed E-state index contributed by atoms with van der Waals surface area (Å²) in [6.45, 7) is 4.13. The number of hydrogen-bond donors (Lipinski definition) is 0. The van der Waals surface area contributed by atoms with Crippen LogP contribution in [0.5, 0.6) is 0 Å². The van der Waals surface area contributed by atoms with E-state index in [1.807, 2.05) is 35.0 Å². The van der Waals surface area contributed by atoms with E-state index in [0.29, 0.717) is 0 Å². The lowest BCUT2D eigenvalue weighted by atomic mass is 10.1. The lowest BCUT2D eigenvalue weighted by molar-refractivity contribution is 0.627. The predicted molar refractivity (Wildman–Crippen MR) is 155 cm³/mol. The highest BCUT2D eigenvalue weighted by Crippen LogP contribution is 2.30. The van der Waals surface area contributed by atoms with Crippen LogP contribution in [0.1, 0.15) is 11.1 Å². The molecule has 38 heavy (non-hydrogen) atoms. The van der Waals surface area contributed by atoms with Gasteiger partial charge in [-0.25, -0.2) is 18.7 Å². The van der Waals surface area contributed by atoms with Crippen LogP contribution in [0.2, 0.25) is 0 Å². The van der Waals surface area contributed by atoms with Crippen LogP contribution in [0, 0.1) is 25.5 Å². The van der Waals surface area contributed by atoms with E-state index in [1.165, 1.54) is 46.7 Å². The molecular weight excluding hydrogens is 514 g/mol. The van der Waals surface area contributed by atoms with Gasteiger partial charge in [0.15, 0.2) is 0 Å². The van der Waals surface area contributed by atoms with Crippen molar-refractivity contribution in [1.29, 1.82) is 0 Å². The molecule has 0 amide bonds. The zero-order valence-electron chi connectivity index (χ0n) is 20.9. The van der Waals surface area contributed by atoms with E-state index in [-0.39, 0.29) is 11.6 Å². The van der Waals surface area contributed by atoms with Crippen LogP contribution in [-0.4, -0.2) is 9.97 Å². The quantitative estimate of drug-likeness (QED) is 0.223. The topological polar surface area (TPSA) is 25.8 Å². The summed E-state index contributed by atoms with van der Waals surface area (Å²) in [5, 5.41) is 5.80. The molecule has 188 valence electrons. The Kier molecular flexibility index (Phi) is 7.82. The van der Waals surface area contributed by atoms with Crippen molar-refractivity contribution in [2.45, 2.75) is 13.8 Å². The van der Waals surface area contributed by atoms with Gasteiger partial charge in [0.05, 0.1) is 11.4 Å². The average molecular weight is 539 g/mol. The van der Waals surface area contributed by atoms with Gasteiger partial charge in [0.1, 0.15) is 21.6 Å². The molecule has 0 unspecified atom stereocenters. The molecule has 6 rings (SSSR count). The van der Waals surface area contributed by atoms with Crippen LogP contribution < -0.4 is 0 Å². The van der Waals surface area contributed by atoms with Gasteiger partial charge in [-0.15, -0.1) is 22.7 Å². The maximum absolute atomic E-state index is 13.2. The van der Waals surface area contributed by atoms with Gasteiger partial charge < -0.3 is 0 Å². The summed E-state index contributed by atoms with van der Waals surface area (Å²) in [6.07, 6.45) is 0. The molecule has 0 saturated heterocycles.